The van der Waals surface area contributed by atoms with Crippen molar-refractivity contribution in [2.45, 2.75) is 18.2 Å². The van der Waals surface area contributed by atoms with Gasteiger partial charge in [-0.3, -0.25) is 9.59 Å². The average molecular weight is 495 g/mol. The summed E-state index contributed by atoms with van der Waals surface area (Å²) >= 11 is 7.46. The van der Waals surface area contributed by atoms with Gasteiger partial charge < -0.3 is 19.9 Å². The lowest BCUT2D eigenvalue weighted by Gasteiger charge is -2.11. The molecule has 2 amide bonds. The van der Waals surface area contributed by atoms with E-state index in [1.807, 2.05) is 47.0 Å². The molecule has 0 saturated carbocycles. The molecule has 1 heterocycles. The highest BCUT2D eigenvalue weighted by Gasteiger charge is 2.16. The molecule has 0 aliphatic heterocycles. The first kappa shape index (κ1) is 23.7. The number of carbonyl (C=O) groups is 2. The van der Waals surface area contributed by atoms with Gasteiger partial charge in [0.15, 0.2) is 5.16 Å². The fourth-order valence-corrected chi connectivity index (χ4v) is 4.37. The van der Waals surface area contributed by atoms with Crippen molar-refractivity contribution in [3.05, 3.63) is 83.4 Å². The summed E-state index contributed by atoms with van der Waals surface area (Å²) in [6.07, 6.45) is 0. The number of imidazole rings is 1. The van der Waals surface area contributed by atoms with Crippen LogP contribution in [-0.2, 0) is 22.7 Å². The van der Waals surface area contributed by atoms with Gasteiger partial charge in [0.05, 0.1) is 23.9 Å². The van der Waals surface area contributed by atoms with Crippen LogP contribution in [0, 0.1) is 0 Å². The Hall–Kier alpha value is -3.49. The number of nitrogens with zero attached hydrogens (tertiary/aromatic N) is 2. The van der Waals surface area contributed by atoms with Gasteiger partial charge in [0.1, 0.15) is 12.3 Å². The number of ether oxygens (including phenoxy) is 1. The Morgan fingerprint density at radius 2 is 1.74 bits per heavy atom. The van der Waals surface area contributed by atoms with Crippen LogP contribution in [-0.4, -0.2) is 34.2 Å². The van der Waals surface area contributed by atoms with Gasteiger partial charge in [-0.15, -0.1) is 0 Å². The molecule has 0 aliphatic carbocycles. The van der Waals surface area contributed by atoms with Crippen LogP contribution in [0.4, 0.5) is 5.69 Å². The van der Waals surface area contributed by atoms with Gasteiger partial charge in [-0.2, -0.15) is 0 Å². The highest BCUT2D eigenvalue weighted by atomic mass is 35.5. The van der Waals surface area contributed by atoms with Crippen LogP contribution in [0.2, 0.25) is 5.02 Å². The minimum Gasteiger partial charge on any atom is -0.497 e. The van der Waals surface area contributed by atoms with Crippen LogP contribution < -0.4 is 15.4 Å². The highest BCUT2D eigenvalue weighted by molar-refractivity contribution is 7.99. The molecule has 0 atom stereocenters. The maximum atomic E-state index is 12.7. The molecule has 9 heteroatoms. The van der Waals surface area contributed by atoms with Crippen molar-refractivity contribution in [3.8, 4) is 5.75 Å². The molecule has 0 bridgehead atoms. The van der Waals surface area contributed by atoms with Crippen molar-refractivity contribution in [2.75, 3.05) is 18.2 Å². The summed E-state index contributed by atoms with van der Waals surface area (Å²) in [7, 11) is 1.59. The number of para-hydroxylation sites is 2. The molecular weight excluding hydrogens is 472 g/mol. The Bertz CT molecular complexity index is 1310. The van der Waals surface area contributed by atoms with Crippen molar-refractivity contribution >= 4 is 51.9 Å². The zero-order chi connectivity index (χ0) is 23.9. The third kappa shape index (κ3) is 5.89. The molecule has 0 saturated heterocycles. The zero-order valence-corrected chi connectivity index (χ0v) is 20.0. The molecule has 0 unspecified atom stereocenters. The van der Waals surface area contributed by atoms with Gasteiger partial charge in [-0.05, 0) is 48.0 Å². The molecule has 4 aromatic rings. The van der Waals surface area contributed by atoms with E-state index in [2.05, 4.69) is 15.6 Å². The number of amides is 2. The van der Waals surface area contributed by atoms with Gasteiger partial charge >= 0.3 is 0 Å². The molecule has 3 aromatic carbocycles. The lowest BCUT2D eigenvalue weighted by atomic mass is 10.2. The molecule has 34 heavy (non-hydrogen) atoms. The van der Waals surface area contributed by atoms with Crippen molar-refractivity contribution in [3.63, 3.8) is 0 Å². The third-order valence-electron chi connectivity index (χ3n) is 5.06. The number of hydrogen-bond acceptors (Lipinski definition) is 5. The molecule has 7 nitrogen and oxygen atoms in total. The number of hydrogen-bond donors (Lipinski definition) is 2. The Balaban J connectivity index is 1.42. The van der Waals surface area contributed by atoms with E-state index >= 15 is 0 Å². The molecule has 4 rings (SSSR count). The smallest absolute Gasteiger partial charge is 0.240 e. The van der Waals surface area contributed by atoms with Crippen LogP contribution in [0.25, 0.3) is 11.0 Å². The van der Waals surface area contributed by atoms with E-state index in [-0.39, 0.29) is 24.1 Å². The largest absolute Gasteiger partial charge is 0.497 e. The molecule has 0 aliphatic rings. The molecule has 174 valence electrons. The first-order chi connectivity index (χ1) is 16.5. The zero-order valence-electron chi connectivity index (χ0n) is 18.5. The van der Waals surface area contributed by atoms with Crippen LogP contribution in [0.15, 0.2) is 78.0 Å². The van der Waals surface area contributed by atoms with E-state index in [0.29, 0.717) is 28.2 Å². The maximum absolute atomic E-state index is 12.7. The second-order valence-corrected chi connectivity index (χ2v) is 8.75. The maximum Gasteiger partial charge on any atom is 0.240 e. The van der Waals surface area contributed by atoms with Gasteiger partial charge in [-0.1, -0.05) is 53.7 Å². The number of thioether (sulfide) groups is 1. The summed E-state index contributed by atoms with van der Waals surface area (Å²) in [6, 6.07) is 22.1. The van der Waals surface area contributed by atoms with E-state index in [1.54, 1.807) is 37.4 Å². The average Bonchev–Trinajstić information content (AvgIpc) is 3.20. The lowest BCUT2D eigenvalue weighted by Crippen LogP contribution is -2.27. The predicted molar refractivity (Wildman–Crippen MR) is 135 cm³/mol. The Labute approximate surface area is 206 Å². The fourth-order valence-electron chi connectivity index (χ4n) is 3.35. The fraction of sp³-hybridized carbons (Fsp3) is 0.160. The normalized spacial score (nSPS) is 10.8. The number of rotatable bonds is 9. The van der Waals surface area contributed by atoms with Crippen molar-refractivity contribution in [2.24, 2.45) is 0 Å². The summed E-state index contributed by atoms with van der Waals surface area (Å²) in [4.78, 5) is 29.8. The topological polar surface area (TPSA) is 85.2 Å². The number of halogens is 1. The lowest BCUT2D eigenvalue weighted by molar-refractivity contribution is -0.121. The van der Waals surface area contributed by atoms with Crippen molar-refractivity contribution in [1.29, 1.82) is 0 Å². The van der Waals surface area contributed by atoms with Crippen LogP contribution in [0.5, 0.6) is 5.75 Å². The summed E-state index contributed by atoms with van der Waals surface area (Å²) in [5.41, 5.74) is 3.12. The molecule has 0 fully saturated rings. The van der Waals surface area contributed by atoms with Gasteiger partial charge in [0.2, 0.25) is 11.8 Å². The van der Waals surface area contributed by atoms with Gasteiger partial charge in [-0.25, -0.2) is 4.98 Å². The van der Waals surface area contributed by atoms with Gasteiger partial charge in [0, 0.05) is 17.3 Å². The third-order valence-corrected chi connectivity index (χ3v) is 6.41. The second kappa shape index (κ2) is 11.1. The monoisotopic (exact) mass is 494 g/mol. The number of methoxy groups -OCH3 is 1. The minimum atomic E-state index is -0.174. The minimum absolute atomic E-state index is 0.0768. The van der Waals surface area contributed by atoms with Crippen LogP contribution in [0.1, 0.15) is 5.56 Å². The molecule has 0 radical (unpaired) electrons. The molecule has 0 spiro atoms. The SMILES string of the molecule is COc1ccc(NC(=O)CSc2nc3ccccc3n2CC(=O)NCc2ccccc2Cl)cc1. The molecule has 1 aromatic heterocycles. The van der Waals surface area contributed by atoms with E-state index in [1.165, 1.54) is 11.8 Å². The molecule has 2 N–H and O–H groups in total. The van der Waals surface area contributed by atoms with Crippen LogP contribution >= 0.6 is 23.4 Å². The second-order valence-electron chi connectivity index (χ2n) is 7.40. The van der Waals surface area contributed by atoms with E-state index in [9.17, 15) is 9.59 Å². The Morgan fingerprint density at radius 3 is 2.50 bits per heavy atom. The summed E-state index contributed by atoms with van der Waals surface area (Å²) in [5, 5.41) is 6.97. The highest BCUT2D eigenvalue weighted by Crippen LogP contribution is 2.24. The van der Waals surface area contributed by atoms with E-state index < -0.39 is 0 Å². The summed E-state index contributed by atoms with van der Waals surface area (Å²) in [6.45, 7) is 0.408. The Kier molecular flexibility index (Phi) is 7.72. The van der Waals surface area contributed by atoms with E-state index in [4.69, 9.17) is 16.3 Å². The Morgan fingerprint density at radius 1 is 1.00 bits per heavy atom. The predicted octanol–water partition coefficient (Wildman–Crippen LogP) is 4.75. The number of fused-ring (bicyclic) bond motifs is 1. The van der Waals surface area contributed by atoms with Crippen LogP contribution in [0.3, 0.4) is 0 Å². The van der Waals surface area contributed by atoms with Crippen molar-refractivity contribution < 1.29 is 14.3 Å². The van der Waals surface area contributed by atoms with Crippen molar-refractivity contribution in [1.82, 2.24) is 14.9 Å². The summed E-state index contributed by atoms with van der Waals surface area (Å²) < 4.78 is 6.96. The van der Waals surface area contributed by atoms with E-state index in [0.717, 1.165) is 16.6 Å². The number of carbonyl (C=O) groups excluding carboxylic acids is 2. The quantitative estimate of drug-likeness (QED) is 0.328. The van der Waals surface area contributed by atoms with Gasteiger partial charge in [0.25, 0.3) is 0 Å². The molecular formula is C25H23ClN4O3S. The number of benzene rings is 3. The standard InChI is InChI=1S/C25H23ClN4O3S/c1-33-19-12-10-18(11-13-19)28-24(32)16-34-25-29-21-8-4-5-9-22(21)30(25)15-23(31)27-14-17-6-2-3-7-20(17)26/h2-13H,14-16H2,1H3,(H,27,31)(H,28,32). The summed E-state index contributed by atoms with van der Waals surface area (Å²) in [5.74, 6) is 0.523. The first-order valence-electron chi connectivity index (χ1n) is 10.6. The number of anilines is 1. The number of nitrogens with one attached hydrogen (secondary N) is 2. The first-order valence-corrected chi connectivity index (χ1v) is 11.9. The number of aromatic nitrogens is 2.